The highest BCUT2D eigenvalue weighted by Gasteiger charge is 2.34. The quantitative estimate of drug-likeness (QED) is 0.637. The van der Waals surface area contributed by atoms with Gasteiger partial charge in [0.25, 0.3) is 0 Å². The molecule has 0 unspecified atom stereocenters. The zero-order valence-corrected chi connectivity index (χ0v) is 6.49. The van der Waals surface area contributed by atoms with E-state index in [1.807, 2.05) is 0 Å². The van der Waals surface area contributed by atoms with Crippen LogP contribution in [-0.4, -0.2) is 9.97 Å². The Bertz CT molecular complexity index is 318. The van der Waals surface area contributed by atoms with Crippen LogP contribution in [0.1, 0.15) is 8.57 Å². The van der Waals surface area contributed by atoms with Crippen molar-refractivity contribution in [3.05, 3.63) is 22.6 Å². The van der Waals surface area contributed by atoms with Crippen LogP contribution >= 0.6 is 15.9 Å². The summed E-state index contributed by atoms with van der Waals surface area (Å²) >= 11 is 2.63. The molecule has 0 saturated carbocycles. The Labute approximate surface area is 71.4 Å². The highest BCUT2D eigenvalue weighted by Crippen LogP contribution is 2.26. The molecule has 2 nitrogen and oxygen atoms in total. The molecule has 0 aliphatic heterocycles. The van der Waals surface area contributed by atoms with Gasteiger partial charge in [-0.15, -0.1) is 0 Å². The van der Waals surface area contributed by atoms with Gasteiger partial charge in [0.05, 0.1) is 2.74 Å². The molecule has 6 heteroatoms. The van der Waals surface area contributed by atoms with Gasteiger partial charge in [-0.3, -0.25) is 0 Å². The summed E-state index contributed by atoms with van der Waals surface area (Å²) in [7, 11) is 0. The van der Waals surface area contributed by atoms with Gasteiger partial charge in [0.1, 0.15) is 4.60 Å². The first kappa shape index (κ1) is 5.93. The van der Waals surface area contributed by atoms with Crippen molar-refractivity contribution in [3.63, 3.8) is 0 Å². The molecule has 0 fully saturated rings. The molecule has 1 aromatic rings. The number of hydrogen-bond donors (Lipinski definition) is 0. The Balaban J connectivity index is 3.29. The molecule has 60 valence electrons. The van der Waals surface area contributed by atoms with Crippen molar-refractivity contribution in [3.8, 4) is 0 Å². The molecule has 0 aromatic carbocycles. The lowest BCUT2D eigenvalue weighted by Gasteiger charge is -2.02. The van der Waals surface area contributed by atoms with Crippen LogP contribution in [0.5, 0.6) is 0 Å². The summed E-state index contributed by atoms with van der Waals surface area (Å²) in [6.07, 6.45) is -5.44. The molecule has 1 heterocycles. The minimum absolute atomic E-state index is 0.333. The second-order valence-corrected chi connectivity index (χ2v) is 2.32. The second kappa shape index (κ2) is 2.77. The van der Waals surface area contributed by atoms with E-state index in [9.17, 15) is 13.2 Å². The van der Waals surface area contributed by atoms with Gasteiger partial charge in [0.15, 0.2) is 0 Å². The fourth-order valence-corrected chi connectivity index (χ4v) is 0.656. The van der Waals surface area contributed by atoms with Gasteiger partial charge in [-0.05, 0) is 22.0 Å². The van der Waals surface area contributed by atoms with Crippen molar-refractivity contribution in [2.75, 3.05) is 0 Å². The van der Waals surface area contributed by atoms with Crippen LogP contribution in [0.15, 0.2) is 16.8 Å². The molecule has 0 bridgehead atoms. The monoisotopic (exact) mass is 228 g/mol. The van der Waals surface area contributed by atoms with E-state index in [0.29, 0.717) is 0 Å². The normalized spacial score (nSPS) is 14.2. The van der Waals surface area contributed by atoms with Crippen LogP contribution < -0.4 is 0 Å². The van der Waals surface area contributed by atoms with Gasteiger partial charge in [-0.1, -0.05) is 0 Å². The Morgan fingerprint density at radius 2 is 2.18 bits per heavy atom. The molecule has 1 rings (SSSR count). The molecule has 0 spiro atoms. The van der Waals surface area contributed by atoms with Crippen LogP contribution in [0.25, 0.3) is 0 Å². The fourth-order valence-electron chi connectivity index (χ4n) is 0.400. The van der Waals surface area contributed by atoms with E-state index < -0.39 is 24.2 Å². The van der Waals surface area contributed by atoms with E-state index in [4.69, 9.17) is 2.74 Å². The standard InChI is InChI=1S/C5H2BrF3N2/c6-3-1-2-10-4(11-3)5(7,8)9/h1-2H/i1D,2D. The van der Waals surface area contributed by atoms with Crippen molar-refractivity contribution in [2.24, 2.45) is 0 Å². The number of nitrogens with zero attached hydrogens (tertiary/aromatic N) is 2. The van der Waals surface area contributed by atoms with Gasteiger partial charge in [0.2, 0.25) is 5.82 Å². The Morgan fingerprint density at radius 3 is 2.64 bits per heavy atom. The van der Waals surface area contributed by atoms with Crippen molar-refractivity contribution in [1.29, 1.82) is 0 Å². The van der Waals surface area contributed by atoms with Crippen molar-refractivity contribution in [1.82, 2.24) is 9.97 Å². The first-order chi connectivity index (χ1) is 5.82. The first-order valence-electron chi connectivity index (χ1n) is 3.40. The maximum atomic E-state index is 12.0. The summed E-state index contributed by atoms with van der Waals surface area (Å²) in [6, 6.07) is -0.465. The molecule has 0 atom stereocenters. The highest BCUT2D eigenvalue weighted by molar-refractivity contribution is 9.10. The maximum absolute atomic E-state index is 12.0. The summed E-state index contributed by atoms with van der Waals surface area (Å²) in [6.45, 7) is 0. The lowest BCUT2D eigenvalue weighted by atomic mass is 10.5. The molecule has 0 saturated heterocycles. The largest absolute Gasteiger partial charge is 0.451 e. The maximum Gasteiger partial charge on any atom is 0.451 e. The predicted molar refractivity (Wildman–Crippen MR) is 34.7 cm³/mol. The molecule has 0 amide bonds. The second-order valence-electron chi connectivity index (χ2n) is 1.57. The summed E-state index contributed by atoms with van der Waals surface area (Å²) in [5.41, 5.74) is 0. The molecular formula is C5H2BrF3N2. The van der Waals surface area contributed by atoms with Crippen LogP contribution in [0.4, 0.5) is 13.2 Å². The Morgan fingerprint density at radius 1 is 1.55 bits per heavy atom. The van der Waals surface area contributed by atoms with Gasteiger partial charge in [-0.25, -0.2) is 9.97 Å². The zero-order chi connectivity index (χ0) is 10.2. The third-order valence-electron chi connectivity index (χ3n) is 0.778. The Kier molecular flexibility index (Phi) is 1.49. The summed E-state index contributed by atoms with van der Waals surface area (Å²) in [4.78, 5) is 5.80. The van der Waals surface area contributed by atoms with Gasteiger partial charge >= 0.3 is 6.18 Å². The molecule has 0 radical (unpaired) electrons. The lowest BCUT2D eigenvalue weighted by molar-refractivity contribution is -0.145. The average molecular weight is 229 g/mol. The Hall–Kier alpha value is -0.650. The summed E-state index contributed by atoms with van der Waals surface area (Å²) in [5, 5.41) is 0. The fraction of sp³-hybridized carbons (Fsp3) is 0.200. The van der Waals surface area contributed by atoms with E-state index in [1.54, 1.807) is 0 Å². The summed E-state index contributed by atoms with van der Waals surface area (Å²) in [5.74, 6) is -1.42. The third kappa shape index (κ3) is 2.14. The van der Waals surface area contributed by atoms with Crippen molar-refractivity contribution in [2.45, 2.75) is 6.18 Å². The van der Waals surface area contributed by atoms with Gasteiger partial charge in [0, 0.05) is 6.17 Å². The molecule has 1 aromatic heterocycles. The number of halogens is 4. The first-order valence-corrected chi connectivity index (χ1v) is 3.19. The van der Waals surface area contributed by atoms with Crippen LogP contribution in [-0.2, 0) is 6.18 Å². The molecule has 11 heavy (non-hydrogen) atoms. The molecule has 0 aliphatic carbocycles. The summed E-state index contributed by atoms with van der Waals surface area (Å²) < 4.78 is 49.6. The SMILES string of the molecule is [2H]c1nc(C(F)(F)F)nc(Br)c1[2H]. The zero-order valence-electron chi connectivity index (χ0n) is 6.91. The van der Waals surface area contributed by atoms with E-state index in [0.717, 1.165) is 0 Å². The molecule has 0 N–H and O–H groups in total. The lowest BCUT2D eigenvalue weighted by Crippen LogP contribution is -2.10. The van der Waals surface area contributed by atoms with E-state index in [2.05, 4.69) is 25.9 Å². The number of aromatic nitrogens is 2. The van der Waals surface area contributed by atoms with E-state index >= 15 is 0 Å². The van der Waals surface area contributed by atoms with Crippen LogP contribution in [0.3, 0.4) is 0 Å². The van der Waals surface area contributed by atoms with Crippen molar-refractivity contribution < 1.29 is 15.9 Å². The topological polar surface area (TPSA) is 25.8 Å². The van der Waals surface area contributed by atoms with Crippen LogP contribution in [0.2, 0.25) is 0 Å². The number of alkyl halides is 3. The average Bonchev–Trinajstić information content (AvgIpc) is 1.97. The number of hydrogen-bond acceptors (Lipinski definition) is 2. The highest BCUT2D eigenvalue weighted by atomic mass is 79.9. The van der Waals surface area contributed by atoms with Crippen molar-refractivity contribution >= 4 is 15.9 Å². The molecule has 0 aliphatic rings. The number of rotatable bonds is 0. The molecular weight excluding hydrogens is 225 g/mol. The minimum atomic E-state index is -4.69. The third-order valence-corrected chi connectivity index (χ3v) is 1.15. The predicted octanol–water partition coefficient (Wildman–Crippen LogP) is 2.26. The smallest absolute Gasteiger partial charge is 0.233 e. The van der Waals surface area contributed by atoms with E-state index in [-0.39, 0.29) is 4.60 Å². The van der Waals surface area contributed by atoms with E-state index in [1.165, 1.54) is 0 Å². The minimum Gasteiger partial charge on any atom is -0.233 e. The van der Waals surface area contributed by atoms with Gasteiger partial charge < -0.3 is 0 Å². The van der Waals surface area contributed by atoms with Gasteiger partial charge in [-0.2, -0.15) is 13.2 Å². The van der Waals surface area contributed by atoms with Crippen LogP contribution in [0, 0.1) is 0 Å².